The molecule has 172 valence electrons. The van der Waals surface area contributed by atoms with Gasteiger partial charge in [-0.15, -0.1) is 0 Å². The average molecular weight is 454 g/mol. The number of aryl methyl sites for hydroxylation is 1. The lowest BCUT2D eigenvalue weighted by Crippen LogP contribution is -2.44. The first-order chi connectivity index (χ1) is 15.1. The predicted octanol–water partition coefficient (Wildman–Crippen LogP) is 2.06. The summed E-state index contributed by atoms with van der Waals surface area (Å²) in [4.78, 5) is 52.4. The SMILES string of the molecule is O=C(COC(=O)c1ccc2c(=O)n3c(nc2c1)CCCCCC3)NC(=O)NCC(F)(F)F. The summed E-state index contributed by atoms with van der Waals surface area (Å²) in [7, 11) is 0. The van der Waals surface area contributed by atoms with E-state index >= 15 is 0 Å². The second kappa shape index (κ2) is 9.79. The first kappa shape index (κ1) is 23.2. The fourth-order valence-corrected chi connectivity index (χ4v) is 3.32. The number of esters is 1. The van der Waals surface area contributed by atoms with Gasteiger partial charge in [-0.25, -0.2) is 14.6 Å². The monoisotopic (exact) mass is 454 g/mol. The van der Waals surface area contributed by atoms with Gasteiger partial charge in [0.05, 0.1) is 16.5 Å². The predicted molar refractivity (Wildman–Crippen MR) is 106 cm³/mol. The lowest BCUT2D eigenvalue weighted by molar-refractivity contribution is -0.125. The number of carbonyl (C=O) groups excluding carboxylic acids is 3. The van der Waals surface area contributed by atoms with Crippen LogP contribution < -0.4 is 16.2 Å². The van der Waals surface area contributed by atoms with Crippen molar-refractivity contribution < 1.29 is 32.3 Å². The zero-order valence-corrected chi connectivity index (χ0v) is 17.0. The first-order valence-corrected chi connectivity index (χ1v) is 9.99. The molecule has 2 N–H and O–H groups in total. The van der Waals surface area contributed by atoms with Gasteiger partial charge in [0.25, 0.3) is 11.5 Å². The maximum Gasteiger partial charge on any atom is 0.405 e. The highest BCUT2D eigenvalue weighted by atomic mass is 19.4. The number of hydrogen-bond acceptors (Lipinski definition) is 6. The van der Waals surface area contributed by atoms with Gasteiger partial charge >= 0.3 is 18.2 Å². The van der Waals surface area contributed by atoms with Crippen LogP contribution in [0.3, 0.4) is 0 Å². The zero-order chi connectivity index (χ0) is 23.3. The molecule has 1 aromatic heterocycles. The van der Waals surface area contributed by atoms with Gasteiger partial charge in [0.15, 0.2) is 6.61 Å². The van der Waals surface area contributed by atoms with E-state index in [1.807, 2.05) is 0 Å². The number of ether oxygens (including phenoxy) is 1. The minimum Gasteiger partial charge on any atom is -0.452 e. The topological polar surface area (TPSA) is 119 Å². The number of rotatable bonds is 4. The van der Waals surface area contributed by atoms with Crippen molar-refractivity contribution in [3.8, 4) is 0 Å². The van der Waals surface area contributed by atoms with Crippen LogP contribution >= 0.6 is 0 Å². The smallest absolute Gasteiger partial charge is 0.405 e. The Labute approximate surface area is 179 Å². The molecule has 3 amide bonds. The number of alkyl halides is 3. The van der Waals surface area contributed by atoms with Crippen LogP contribution in [-0.4, -0.2) is 46.8 Å². The van der Waals surface area contributed by atoms with E-state index in [-0.39, 0.29) is 11.1 Å². The van der Waals surface area contributed by atoms with E-state index in [9.17, 15) is 32.3 Å². The molecule has 1 aliphatic rings. The standard InChI is InChI=1S/C20H21F3N4O5/c21-20(22,23)11-24-19(31)26-16(28)10-32-18(30)12-6-7-13-14(9-12)25-15-5-3-1-2-4-8-27(15)17(13)29/h6-7,9H,1-5,8,10-11H2,(H2,24,26,28,31). The third-order valence-corrected chi connectivity index (χ3v) is 4.84. The number of carbonyl (C=O) groups is 3. The van der Waals surface area contributed by atoms with Gasteiger partial charge in [-0.1, -0.05) is 12.8 Å². The van der Waals surface area contributed by atoms with Crippen LogP contribution in [0.15, 0.2) is 23.0 Å². The third kappa shape index (κ3) is 6.05. The Balaban J connectivity index is 1.65. The molecule has 9 nitrogen and oxygen atoms in total. The summed E-state index contributed by atoms with van der Waals surface area (Å²) < 4.78 is 42.6. The van der Waals surface area contributed by atoms with Crippen molar-refractivity contribution >= 4 is 28.8 Å². The fourth-order valence-electron chi connectivity index (χ4n) is 3.32. The van der Waals surface area contributed by atoms with Crippen molar-refractivity contribution in [2.24, 2.45) is 0 Å². The van der Waals surface area contributed by atoms with E-state index in [1.54, 1.807) is 9.88 Å². The Morgan fingerprint density at radius 1 is 1.12 bits per heavy atom. The number of hydrogen-bond donors (Lipinski definition) is 2. The van der Waals surface area contributed by atoms with Crippen molar-refractivity contribution in [2.75, 3.05) is 13.2 Å². The second-order valence-corrected chi connectivity index (χ2v) is 7.30. The zero-order valence-electron chi connectivity index (χ0n) is 17.0. The van der Waals surface area contributed by atoms with Crippen molar-refractivity contribution in [1.82, 2.24) is 20.2 Å². The Morgan fingerprint density at radius 3 is 2.62 bits per heavy atom. The van der Waals surface area contributed by atoms with E-state index in [2.05, 4.69) is 4.98 Å². The molecule has 12 heteroatoms. The van der Waals surface area contributed by atoms with Crippen LogP contribution in [0.2, 0.25) is 0 Å². The third-order valence-electron chi connectivity index (χ3n) is 4.84. The molecule has 0 atom stereocenters. The Morgan fingerprint density at radius 2 is 1.88 bits per heavy atom. The van der Waals surface area contributed by atoms with Gasteiger partial charge in [0.1, 0.15) is 12.4 Å². The van der Waals surface area contributed by atoms with Crippen molar-refractivity contribution in [1.29, 1.82) is 0 Å². The number of aromatic nitrogens is 2. The molecule has 1 aliphatic heterocycles. The number of urea groups is 1. The Hall–Kier alpha value is -3.44. The molecule has 0 spiro atoms. The number of halogens is 3. The van der Waals surface area contributed by atoms with E-state index in [0.29, 0.717) is 29.7 Å². The van der Waals surface area contributed by atoms with Gasteiger partial charge in [-0.05, 0) is 31.0 Å². The van der Waals surface area contributed by atoms with Crippen molar-refractivity contribution in [3.05, 3.63) is 39.9 Å². The lowest BCUT2D eigenvalue weighted by Gasteiger charge is -2.16. The second-order valence-electron chi connectivity index (χ2n) is 7.30. The molecule has 0 fully saturated rings. The molecule has 0 unspecified atom stereocenters. The van der Waals surface area contributed by atoms with Crippen LogP contribution in [0.5, 0.6) is 0 Å². The minimum absolute atomic E-state index is 0.0366. The molecule has 0 bridgehead atoms. The summed E-state index contributed by atoms with van der Waals surface area (Å²) in [5.41, 5.74) is 0.179. The summed E-state index contributed by atoms with van der Waals surface area (Å²) in [5.74, 6) is -1.36. The molecule has 2 heterocycles. The maximum atomic E-state index is 12.8. The molecule has 3 rings (SSSR count). The number of nitrogens with zero attached hydrogens (tertiary/aromatic N) is 2. The largest absolute Gasteiger partial charge is 0.452 e. The van der Waals surface area contributed by atoms with Gasteiger partial charge in [-0.3, -0.25) is 19.5 Å². The van der Waals surface area contributed by atoms with E-state index in [4.69, 9.17) is 4.74 Å². The van der Waals surface area contributed by atoms with E-state index in [0.717, 1.165) is 25.7 Å². The summed E-state index contributed by atoms with van der Waals surface area (Å²) >= 11 is 0. The molecule has 0 saturated heterocycles. The quantitative estimate of drug-likeness (QED) is 0.683. The fraction of sp³-hybridized carbons (Fsp3) is 0.450. The highest BCUT2D eigenvalue weighted by Gasteiger charge is 2.28. The highest BCUT2D eigenvalue weighted by molar-refractivity contribution is 5.98. The summed E-state index contributed by atoms with van der Waals surface area (Å²) in [6.45, 7) is -1.90. The Kier molecular flexibility index (Phi) is 7.11. The molecular formula is C20H21F3N4O5. The molecule has 0 aliphatic carbocycles. The van der Waals surface area contributed by atoms with Crippen LogP contribution in [0, 0.1) is 0 Å². The summed E-state index contributed by atoms with van der Waals surface area (Å²) in [5, 5.41) is 3.43. The number of amides is 3. The normalized spacial score (nSPS) is 14.1. The summed E-state index contributed by atoms with van der Waals surface area (Å²) in [6, 6.07) is 2.83. The molecule has 2 aromatic rings. The number of fused-ring (bicyclic) bond motifs is 2. The number of nitrogens with one attached hydrogen (secondary N) is 2. The van der Waals surface area contributed by atoms with Crippen molar-refractivity contribution in [3.63, 3.8) is 0 Å². The van der Waals surface area contributed by atoms with Crippen LogP contribution in [0.4, 0.5) is 18.0 Å². The van der Waals surface area contributed by atoms with Crippen molar-refractivity contribution in [2.45, 2.75) is 44.8 Å². The molecule has 0 saturated carbocycles. The molecule has 32 heavy (non-hydrogen) atoms. The Bertz CT molecular complexity index is 1100. The van der Waals surface area contributed by atoms with Gasteiger partial charge in [0, 0.05) is 13.0 Å². The average Bonchev–Trinajstić information content (AvgIpc) is 2.71. The highest BCUT2D eigenvalue weighted by Crippen LogP contribution is 2.17. The van der Waals surface area contributed by atoms with Gasteiger partial charge in [0.2, 0.25) is 0 Å². The number of imide groups is 1. The molecule has 1 aromatic carbocycles. The lowest BCUT2D eigenvalue weighted by atomic mass is 10.1. The van der Waals surface area contributed by atoms with Crippen LogP contribution in [0.1, 0.15) is 41.9 Å². The van der Waals surface area contributed by atoms with Crippen LogP contribution in [0.25, 0.3) is 10.9 Å². The van der Waals surface area contributed by atoms with Crippen LogP contribution in [-0.2, 0) is 22.5 Å². The molecular weight excluding hydrogens is 433 g/mol. The van der Waals surface area contributed by atoms with E-state index in [1.165, 1.54) is 23.5 Å². The van der Waals surface area contributed by atoms with Gasteiger partial charge < -0.3 is 10.1 Å². The van der Waals surface area contributed by atoms with Gasteiger partial charge in [-0.2, -0.15) is 13.2 Å². The number of benzene rings is 1. The van der Waals surface area contributed by atoms with E-state index < -0.39 is 37.2 Å². The molecule has 0 radical (unpaired) electrons. The maximum absolute atomic E-state index is 12.8. The summed E-state index contributed by atoms with van der Waals surface area (Å²) in [6.07, 6.45) is -0.0809. The first-order valence-electron chi connectivity index (χ1n) is 9.99. The minimum atomic E-state index is -4.63.